The van der Waals surface area contributed by atoms with Crippen molar-refractivity contribution in [2.24, 2.45) is 0 Å². The smallest absolute Gasteiger partial charge is 0.0909 e. The van der Waals surface area contributed by atoms with E-state index in [2.05, 4.69) is 28.9 Å². The molecule has 0 amide bonds. The van der Waals surface area contributed by atoms with Crippen LogP contribution in [0.3, 0.4) is 0 Å². The van der Waals surface area contributed by atoms with Crippen molar-refractivity contribution >= 4 is 0 Å². The van der Waals surface area contributed by atoms with Gasteiger partial charge in [0.2, 0.25) is 0 Å². The summed E-state index contributed by atoms with van der Waals surface area (Å²) in [6.07, 6.45) is 2.46. The fourth-order valence-electron chi connectivity index (χ4n) is 0.247. The van der Waals surface area contributed by atoms with Crippen LogP contribution < -0.4 is 10.8 Å². The van der Waals surface area contributed by atoms with Crippen LogP contribution in [-0.2, 0) is 4.94 Å². The molecule has 5 nitrogen and oxygen atoms in total. The molecule has 58 valence electrons. The topological polar surface area (TPSA) is 59.6 Å². The second-order valence-corrected chi connectivity index (χ2v) is 1.29. The van der Waals surface area contributed by atoms with Crippen LogP contribution in [0.2, 0.25) is 0 Å². The second kappa shape index (κ2) is 6.09. The van der Waals surface area contributed by atoms with Crippen molar-refractivity contribution < 1.29 is 4.94 Å². The van der Waals surface area contributed by atoms with Gasteiger partial charge in [0.05, 0.1) is 6.67 Å². The van der Waals surface area contributed by atoms with Gasteiger partial charge in [-0.1, -0.05) is 13.2 Å². The molecule has 0 saturated carbocycles. The summed E-state index contributed by atoms with van der Waals surface area (Å²) in [4.78, 5) is 4.29. The predicted molar refractivity (Wildman–Crippen MR) is 37.8 cm³/mol. The summed E-state index contributed by atoms with van der Waals surface area (Å²) in [6, 6.07) is 0. The first-order chi connectivity index (χ1) is 4.81. The minimum absolute atomic E-state index is 0.199. The number of hydrogen-bond donors (Lipinski definition) is 2. The van der Waals surface area contributed by atoms with E-state index in [0.29, 0.717) is 6.67 Å². The third-order valence-corrected chi connectivity index (χ3v) is 0.622. The number of rotatable bonds is 6. The largest absolute Gasteiger partial charge is 0.732 e. The first-order valence-electron chi connectivity index (χ1n) is 2.64. The third-order valence-electron chi connectivity index (χ3n) is 0.622. The van der Waals surface area contributed by atoms with Crippen molar-refractivity contribution in [3.05, 3.63) is 30.8 Å². The summed E-state index contributed by atoms with van der Waals surface area (Å²) in [5, 5.41) is 13.1. The fraction of sp³-hybridized carbons (Fsp3) is 0.200. The quantitative estimate of drug-likeness (QED) is 0.313. The Labute approximate surface area is 59.4 Å². The van der Waals surface area contributed by atoms with Gasteiger partial charge in [0, 0.05) is 6.20 Å². The van der Waals surface area contributed by atoms with Crippen LogP contribution in [0.1, 0.15) is 0 Å². The molecule has 5 heteroatoms. The van der Waals surface area contributed by atoms with E-state index in [9.17, 15) is 5.21 Å². The summed E-state index contributed by atoms with van der Waals surface area (Å²) >= 11 is 0. The van der Waals surface area contributed by atoms with Crippen molar-refractivity contribution in [1.82, 2.24) is 16.0 Å². The summed E-state index contributed by atoms with van der Waals surface area (Å²) in [7, 11) is 0. The van der Waals surface area contributed by atoms with E-state index in [4.69, 9.17) is 0 Å². The molecule has 0 fully saturated rings. The molecule has 0 rings (SSSR count). The average Bonchev–Trinajstić information content (AvgIpc) is 1.98. The van der Waals surface area contributed by atoms with E-state index < -0.39 is 0 Å². The zero-order valence-electron chi connectivity index (χ0n) is 5.54. The summed E-state index contributed by atoms with van der Waals surface area (Å²) in [6.45, 7) is 6.86. The van der Waals surface area contributed by atoms with Crippen molar-refractivity contribution in [2.45, 2.75) is 0 Å². The maximum atomic E-state index is 10.2. The van der Waals surface area contributed by atoms with Gasteiger partial charge in [-0.2, -0.15) is 10.4 Å². The summed E-state index contributed by atoms with van der Waals surface area (Å²) < 4.78 is 0. The highest BCUT2D eigenvalue weighted by molar-refractivity contribution is 4.61. The van der Waals surface area contributed by atoms with Gasteiger partial charge in [0.15, 0.2) is 0 Å². The second-order valence-electron chi connectivity index (χ2n) is 1.29. The van der Waals surface area contributed by atoms with E-state index in [-0.39, 0.29) is 5.23 Å². The minimum Gasteiger partial charge on any atom is -0.732 e. The lowest BCUT2D eigenvalue weighted by atomic mass is 10.9. The van der Waals surface area contributed by atoms with Crippen molar-refractivity contribution in [2.75, 3.05) is 6.67 Å². The SMILES string of the molecule is C=CNCNON([O-])C=C. The van der Waals surface area contributed by atoms with Gasteiger partial charge in [-0.05, 0) is 6.20 Å². The Hall–Kier alpha value is -1.04. The fourth-order valence-corrected chi connectivity index (χ4v) is 0.247. The molecule has 0 atom stereocenters. The maximum Gasteiger partial charge on any atom is 0.0909 e. The summed E-state index contributed by atoms with van der Waals surface area (Å²) in [5.74, 6) is 0. The van der Waals surface area contributed by atoms with Crippen LogP contribution in [0, 0.1) is 5.21 Å². The molecule has 0 aliphatic heterocycles. The average molecular weight is 144 g/mol. The number of hydrogen-bond acceptors (Lipinski definition) is 5. The van der Waals surface area contributed by atoms with Gasteiger partial charge in [-0.15, -0.1) is 0 Å². The molecule has 10 heavy (non-hydrogen) atoms. The highest BCUT2D eigenvalue weighted by Gasteiger charge is 1.79. The molecular formula is C5H10N3O2-. The Bertz CT molecular complexity index is 107. The molecule has 0 unspecified atom stereocenters. The molecule has 0 aromatic carbocycles. The van der Waals surface area contributed by atoms with E-state index in [0.717, 1.165) is 6.20 Å². The number of nitrogens with zero attached hydrogens (tertiary/aromatic N) is 1. The molecule has 0 saturated heterocycles. The first kappa shape index (κ1) is 8.96. The number of hydroxylamine groups is 3. The Balaban J connectivity index is 3.02. The minimum atomic E-state index is 0.199. The normalized spacial score (nSPS) is 8.50. The van der Waals surface area contributed by atoms with E-state index >= 15 is 0 Å². The van der Waals surface area contributed by atoms with Crippen LogP contribution in [0.25, 0.3) is 0 Å². The van der Waals surface area contributed by atoms with Crippen LogP contribution in [-0.4, -0.2) is 11.9 Å². The lowest BCUT2D eigenvalue weighted by Gasteiger charge is -2.22. The van der Waals surface area contributed by atoms with E-state index in [1.165, 1.54) is 6.20 Å². The Kier molecular flexibility index (Phi) is 5.45. The monoisotopic (exact) mass is 144 g/mol. The number of nitrogens with one attached hydrogen (secondary N) is 2. The van der Waals surface area contributed by atoms with Crippen LogP contribution in [0.15, 0.2) is 25.6 Å². The Morgan fingerprint density at radius 3 is 2.80 bits per heavy atom. The van der Waals surface area contributed by atoms with Crippen molar-refractivity contribution in [1.29, 1.82) is 0 Å². The lowest BCUT2D eigenvalue weighted by molar-refractivity contribution is -0.145. The van der Waals surface area contributed by atoms with Crippen LogP contribution in [0.4, 0.5) is 0 Å². The first-order valence-corrected chi connectivity index (χ1v) is 2.64. The molecule has 0 aromatic rings. The van der Waals surface area contributed by atoms with E-state index in [1.54, 1.807) is 0 Å². The van der Waals surface area contributed by atoms with Crippen LogP contribution in [0.5, 0.6) is 0 Å². The van der Waals surface area contributed by atoms with Crippen molar-refractivity contribution in [3.63, 3.8) is 0 Å². The highest BCUT2D eigenvalue weighted by Crippen LogP contribution is 1.79. The van der Waals surface area contributed by atoms with Gasteiger partial charge in [-0.3, -0.25) is 0 Å². The lowest BCUT2D eigenvalue weighted by Crippen LogP contribution is -2.29. The molecule has 2 N–H and O–H groups in total. The molecule has 0 radical (unpaired) electrons. The van der Waals surface area contributed by atoms with Gasteiger partial charge < -0.3 is 15.8 Å². The molecule has 0 bridgehead atoms. The van der Waals surface area contributed by atoms with Crippen molar-refractivity contribution in [3.8, 4) is 0 Å². The molecule has 0 aliphatic carbocycles. The van der Waals surface area contributed by atoms with Crippen LogP contribution >= 0.6 is 0 Å². The van der Waals surface area contributed by atoms with Gasteiger partial charge in [0.1, 0.15) is 0 Å². The standard InChI is InChI=1S/C5H10N3O2/c1-3-6-5-7-10-8(9)4-2/h3-4,6-7H,1-2,5H2/q-1. The Morgan fingerprint density at radius 1 is 1.60 bits per heavy atom. The Morgan fingerprint density at radius 2 is 2.30 bits per heavy atom. The van der Waals surface area contributed by atoms with E-state index in [1.807, 2.05) is 0 Å². The zero-order chi connectivity index (χ0) is 7.82. The zero-order valence-corrected chi connectivity index (χ0v) is 5.54. The summed E-state index contributed by atoms with van der Waals surface area (Å²) in [5.41, 5.74) is 2.30. The molecule has 0 spiro atoms. The maximum absolute atomic E-state index is 10.2. The molecule has 0 heterocycles. The molecule has 0 aliphatic rings. The predicted octanol–water partition coefficient (Wildman–Crippen LogP) is 0.0565. The van der Waals surface area contributed by atoms with Gasteiger partial charge in [0.25, 0.3) is 0 Å². The highest BCUT2D eigenvalue weighted by atomic mass is 17.0. The third kappa shape index (κ3) is 5.10. The van der Waals surface area contributed by atoms with Gasteiger partial charge in [-0.25, -0.2) is 0 Å². The molecular weight excluding hydrogens is 134 g/mol. The molecule has 0 aromatic heterocycles. The van der Waals surface area contributed by atoms with Gasteiger partial charge >= 0.3 is 0 Å².